The van der Waals surface area contributed by atoms with Gasteiger partial charge < -0.3 is 10.2 Å². The van der Waals surface area contributed by atoms with E-state index in [1.54, 1.807) is 0 Å². The van der Waals surface area contributed by atoms with Gasteiger partial charge in [-0.15, -0.1) is 0 Å². The Morgan fingerprint density at radius 3 is 2.84 bits per heavy atom. The number of benzene rings is 1. The number of ketones is 1. The molecule has 0 spiro atoms. The minimum absolute atomic E-state index is 0.126. The van der Waals surface area contributed by atoms with Gasteiger partial charge in [0.2, 0.25) is 0 Å². The predicted octanol–water partition coefficient (Wildman–Crippen LogP) is 1.52. The van der Waals surface area contributed by atoms with Crippen LogP contribution in [0.15, 0.2) is 30.4 Å². The molecule has 2 rings (SSSR count). The first-order valence-electron chi connectivity index (χ1n) is 6.07. The van der Waals surface area contributed by atoms with Gasteiger partial charge in [0.15, 0.2) is 0 Å². The highest BCUT2D eigenvalue weighted by atomic mass is 19.1. The van der Waals surface area contributed by atoms with E-state index in [0.29, 0.717) is 12.2 Å². The molecule has 1 aliphatic rings. The second kappa shape index (κ2) is 5.32. The number of carbonyl (C=O) groups excluding carboxylic acids is 2. The fourth-order valence-electron chi connectivity index (χ4n) is 2.01. The number of nitrogens with one attached hydrogen (secondary N) is 1. The number of fused-ring (bicyclic) bond motifs is 1. The van der Waals surface area contributed by atoms with Crippen LogP contribution in [0.5, 0.6) is 0 Å². The standard InChI is InChI=1S/C14H15FN2O2/c1-3-16-7-9(2)8-17-12-5-4-10(15)6-11(12)13(18)14(17)19/h4-6,16H,2-3,7-8H2,1H3. The number of anilines is 1. The van der Waals surface area contributed by atoms with E-state index in [-0.39, 0.29) is 12.1 Å². The highest BCUT2D eigenvalue weighted by Crippen LogP contribution is 2.29. The van der Waals surface area contributed by atoms with E-state index in [2.05, 4.69) is 11.9 Å². The summed E-state index contributed by atoms with van der Waals surface area (Å²) in [6.07, 6.45) is 0. The molecule has 0 atom stereocenters. The van der Waals surface area contributed by atoms with Crippen molar-refractivity contribution in [1.82, 2.24) is 5.32 Å². The molecule has 0 saturated heterocycles. The van der Waals surface area contributed by atoms with E-state index in [9.17, 15) is 14.0 Å². The van der Waals surface area contributed by atoms with Crippen LogP contribution in [-0.2, 0) is 4.79 Å². The van der Waals surface area contributed by atoms with Gasteiger partial charge in [-0.1, -0.05) is 13.5 Å². The molecular formula is C14H15FN2O2. The van der Waals surface area contributed by atoms with Gasteiger partial charge in [0.1, 0.15) is 5.82 Å². The molecule has 1 aromatic carbocycles. The molecule has 19 heavy (non-hydrogen) atoms. The zero-order valence-corrected chi connectivity index (χ0v) is 10.7. The van der Waals surface area contributed by atoms with Crippen LogP contribution in [0.2, 0.25) is 0 Å². The molecule has 0 unspecified atom stereocenters. The van der Waals surface area contributed by atoms with Crippen LogP contribution in [0.3, 0.4) is 0 Å². The quantitative estimate of drug-likeness (QED) is 0.646. The number of rotatable bonds is 5. The first kappa shape index (κ1) is 13.4. The third-order valence-corrected chi connectivity index (χ3v) is 2.94. The third-order valence-electron chi connectivity index (χ3n) is 2.94. The average Bonchev–Trinajstić information content (AvgIpc) is 2.61. The Morgan fingerprint density at radius 1 is 1.42 bits per heavy atom. The normalized spacial score (nSPS) is 13.9. The summed E-state index contributed by atoms with van der Waals surface area (Å²) in [6, 6.07) is 3.79. The summed E-state index contributed by atoms with van der Waals surface area (Å²) in [5.41, 5.74) is 1.37. The fraction of sp³-hybridized carbons (Fsp3) is 0.286. The fourth-order valence-corrected chi connectivity index (χ4v) is 2.01. The van der Waals surface area contributed by atoms with Crippen LogP contribution in [-0.4, -0.2) is 31.3 Å². The molecule has 1 aliphatic heterocycles. The zero-order valence-electron chi connectivity index (χ0n) is 10.7. The van der Waals surface area contributed by atoms with Gasteiger partial charge in [-0.05, 0) is 30.3 Å². The number of hydrogen-bond donors (Lipinski definition) is 1. The Labute approximate surface area is 110 Å². The SMILES string of the molecule is C=C(CNCC)CN1C(=O)C(=O)c2cc(F)ccc21. The van der Waals surface area contributed by atoms with Crippen molar-refractivity contribution in [2.24, 2.45) is 0 Å². The summed E-state index contributed by atoms with van der Waals surface area (Å²) in [6.45, 7) is 7.47. The number of Topliss-reactive ketones (excluding diaryl/α,β-unsaturated/α-hetero) is 1. The van der Waals surface area contributed by atoms with Crippen molar-refractivity contribution in [3.63, 3.8) is 0 Å². The number of likely N-dealkylation sites (N-methyl/N-ethyl adjacent to an activating group) is 1. The molecule has 1 N–H and O–H groups in total. The van der Waals surface area contributed by atoms with Gasteiger partial charge >= 0.3 is 0 Å². The van der Waals surface area contributed by atoms with Crippen molar-refractivity contribution in [1.29, 1.82) is 0 Å². The van der Waals surface area contributed by atoms with Crippen LogP contribution in [0.1, 0.15) is 17.3 Å². The van der Waals surface area contributed by atoms with Gasteiger partial charge in [-0.25, -0.2) is 4.39 Å². The molecule has 0 radical (unpaired) electrons. The van der Waals surface area contributed by atoms with Crippen LogP contribution >= 0.6 is 0 Å². The molecule has 0 aliphatic carbocycles. The predicted molar refractivity (Wildman–Crippen MR) is 70.8 cm³/mol. The lowest BCUT2D eigenvalue weighted by atomic mass is 10.1. The molecule has 0 bridgehead atoms. The molecule has 1 aromatic rings. The highest BCUT2D eigenvalue weighted by Gasteiger charge is 2.35. The Bertz CT molecular complexity index is 554. The largest absolute Gasteiger partial charge is 0.313 e. The summed E-state index contributed by atoms with van der Waals surface area (Å²) in [5.74, 6) is -1.81. The Balaban J connectivity index is 2.21. The molecule has 0 fully saturated rings. The van der Waals surface area contributed by atoms with Crippen molar-refractivity contribution in [3.8, 4) is 0 Å². The van der Waals surface area contributed by atoms with Crippen molar-refractivity contribution in [2.45, 2.75) is 6.92 Å². The van der Waals surface area contributed by atoms with Crippen LogP contribution in [0.25, 0.3) is 0 Å². The van der Waals surface area contributed by atoms with E-state index in [4.69, 9.17) is 0 Å². The van der Waals surface area contributed by atoms with Gasteiger partial charge in [0.05, 0.1) is 11.3 Å². The lowest BCUT2D eigenvalue weighted by molar-refractivity contribution is -0.114. The maximum atomic E-state index is 13.1. The summed E-state index contributed by atoms with van der Waals surface area (Å²) < 4.78 is 13.1. The Kier molecular flexibility index (Phi) is 3.76. The highest BCUT2D eigenvalue weighted by molar-refractivity contribution is 6.52. The van der Waals surface area contributed by atoms with E-state index < -0.39 is 17.5 Å². The number of nitrogens with zero attached hydrogens (tertiary/aromatic N) is 1. The van der Waals surface area contributed by atoms with Crippen molar-refractivity contribution in [3.05, 3.63) is 41.7 Å². The number of carbonyl (C=O) groups is 2. The topological polar surface area (TPSA) is 49.4 Å². The maximum Gasteiger partial charge on any atom is 0.299 e. The van der Waals surface area contributed by atoms with Crippen molar-refractivity contribution < 1.29 is 14.0 Å². The molecular weight excluding hydrogens is 247 g/mol. The number of halogens is 1. The van der Waals surface area contributed by atoms with Crippen molar-refractivity contribution >= 4 is 17.4 Å². The van der Waals surface area contributed by atoms with E-state index in [0.717, 1.165) is 18.2 Å². The van der Waals surface area contributed by atoms with Gasteiger partial charge in [-0.2, -0.15) is 0 Å². The molecule has 5 heteroatoms. The minimum atomic E-state index is -0.661. The van der Waals surface area contributed by atoms with E-state index in [1.807, 2.05) is 6.92 Å². The lowest BCUT2D eigenvalue weighted by Gasteiger charge is -2.18. The van der Waals surface area contributed by atoms with Crippen LogP contribution < -0.4 is 10.2 Å². The molecule has 1 amide bonds. The first-order chi connectivity index (χ1) is 9.04. The lowest BCUT2D eigenvalue weighted by Crippen LogP contribution is -2.33. The summed E-state index contributed by atoms with van der Waals surface area (Å²) >= 11 is 0. The van der Waals surface area contributed by atoms with Crippen molar-refractivity contribution in [2.75, 3.05) is 24.5 Å². The molecule has 0 aromatic heterocycles. The smallest absolute Gasteiger partial charge is 0.299 e. The second-order valence-electron chi connectivity index (χ2n) is 4.41. The average molecular weight is 262 g/mol. The van der Waals surface area contributed by atoms with Gasteiger partial charge in [-0.3, -0.25) is 9.59 Å². The van der Waals surface area contributed by atoms with Gasteiger partial charge in [0, 0.05) is 13.1 Å². The maximum absolute atomic E-state index is 13.1. The number of amides is 1. The Morgan fingerprint density at radius 2 is 2.16 bits per heavy atom. The minimum Gasteiger partial charge on any atom is -0.313 e. The van der Waals surface area contributed by atoms with E-state index >= 15 is 0 Å². The summed E-state index contributed by atoms with van der Waals surface area (Å²) in [7, 11) is 0. The van der Waals surface area contributed by atoms with E-state index in [1.165, 1.54) is 17.0 Å². The monoisotopic (exact) mass is 262 g/mol. The van der Waals surface area contributed by atoms with Gasteiger partial charge in [0.25, 0.3) is 11.7 Å². The first-order valence-corrected chi connectivity index (χ1v) is 6.07. The summed E-state index contributed by atoms with van der Waals surface area (Å²) in [5, 5.41) is 3.10. The zero-order chi connectivity index (χ0) is 14.0. The molecule has 4 nitrogen and oxygen atoms in total. The number of hydrogen-bond acceptors (Lipinski definition) is 3. The third kappa shape index (κ3) is 2.56. The second-order valence-corrected chi connectivity index (χ2v) is 4.41. The summed E-state index contributed by atoms with van der Waals surface area (Å²) in [4.78, 5) is 25.0. The van der Waals surface area contributed by atoms with Crippen LogP contribution in [0.4, 0.5) is 10.1 Å². The molecule has 0 saturated carbocycles. The molecule has 100 valence electrons. The molecule has 1 heterocycles. The van der Waals surface area contributed by atoms with Crippen LogP contribution in [0, 0.1) is 5.82 Å². The Hall–Kier alpha value is -2.01.